The van der Waals surface area contributed by atoms with Crippen LogP contribution in [-0.2, 0) is 9.53 Å². The van der Waals surface area contributed by atoms with E-state index >= 15 is 0 Å². The Morgan fingerprint density at radius 2 is 2.12 bits per heavy atom. The molecule has 4 heterocycles. The Hall–Kier alpha value is -3.07. The molecule has 0 saturated carbocycles. The quantitative estimate of drug-likeness (QED) is 0.687. The molecule has 2 aliphatic rings. The van der Waals surface area contributed by atoms with E-state index in [0.29, 0.717) is 60.3 Å². The number of piperidine rings is 1. The number of carbonyl (C=O) groups excluding carboxylic acids is 2. The van der Waals surface area contributed by atoms with Crippen molar-refractivity contribution in [2.24, 2.45) is 5.92 Å². The van der Waals surface area contributed by atoms with Gasteiger partial charge in [0.1, 0.15) is 6.10 Å². The number of aromatic amines is 1. The topological polar surface area (TPSA) is 109 Å². The predicted octanol–water partition coefficient (Wildman–Crippen LogP) is 2.79. The van der Waals surface area contributed by atoms with Crippen molar-refractivity contribution in [1.82, 2.24) is 25.4 Å². The van der Waals surface area contributed by atoms with Crippen LogP contribution in [0.15, 0.2) is 30.7 Å². The lowest BCUT2D eigenvalue weighted by Gasteiger charge is -2.31. The molecular weight excluding hydrogens is 434 g/mol. The molecule has 0 aliphatic carbocycles. The predicted molar refractivity (Wildman–Crippen MR) is 118 cm³/mol. The second kappa shape index (κ2) is 10.0. The number of amides is 2. The Bertz CT molecular complexity index is 1000. The highest BCUT2D eigenvalue weighted by Crippen LogP contribution is 2.29. The lowest BCUT2D eigenvalue weighted by molar-refractivity contribution is -0.126. The molecule has 9 nitrogen and oxygen atoms in total. The van der Waals surface area contributed by atoms with E-state index in [1.54, 1.807) is 23.3 Å². The molecule has 0 bridgehead atoms. The molecular formula is C22H26ClN5O4. The van der Waals surface area contributed by atoms with Gasteiger partial charge in [0.25, 0.3) is 5.91 Å². The number of hydrogen-bond donors (Lipinski definition) is 2. The van der Waals surface area contributed by atoms with Crippen molar-refractivity contribution in [1.29, 1.82) is 0 Å². The fraction of sp³-hybridized carbons (Fsp3) is 0.455. The van der Waals surface area contributed by atoms with E-state index in [2.05, 4.69) is 20.5 Å². The van der Waals surface area contributed by atoms with Gasteiger partial charge in [0, 0.05) is 30.6 Å². The lowest BCUT2D eigenvalue weighted by atomic mass is 9.95. The summed E-state index contributed by atoms with van der Waals surface area (Å²) in [6.07, 6.45) is 8.32. The number of aromatic nitrogens is 3. The average Bonchev–Trinajstić information content (AvgIpc) is 3.33. The largest absolute Gasteiger partial charge is 0.497 e. The van der Waals surface area contributed by atoms with E-state index in [1.807, 2.05) is 6.08 Å². The third-order valence-electron chi connectivity index (χ3n) is 5.81. The van der Waals surface area contributed by atoms with Crippen molar-refractivity contribution in [3.8, 4) is 17.1 Å². The number of halogens is 1. The Morgan fingerprint density at radius 1 is 1.31 bits per heavy atom. The summed E-state index contributed by atoms with van der Waals surface area (Å²) in [5.74, 6) is 0.166. The Balaban J connectivity index is 1.31. The summed E-state index contributed by atoms with van der Waals surface area (Å²) in [4.78, 5) is 31.2. The van der Waals surface area contributed by atoms with Crippen LogP contribution in [0.2, 0.25) is 5.02 Å². The van der Waals surface area contributed by atoms with Crippen LogP contribution in [0.1, 0.15) is 36.2 Å². The van der Waals surface area contributed by atoms with Crippen molar-refractivity contribution < 1.29 is 19.1 Å². The molecule has 4 rings (SSSR count). The van der Waals surface area contributed by atoms with Gasteiger partial charge < -0.3 is 19.7 Å². The van der Waals surface area contributed by atoms with Gasteiger partial charge in [-0.05, 0) is 37.8 Å². The van der Waals surface area contributed by atoms with Crippen molar-refractivity contribution in [2.45, 2.75) is 31.8 Å². The molecule has 2 aromatic heterocycles. The molecule has 10 heteroatoms. The molecule has 0 aromatic carbocycles. The summed E-state index contributed by atoms with van der Waals surface area (Å²) in [6, 6.07) is 3.35. The summed E-state index contributed by atoms with van der Waals surface area (Å²) in [5, 5.41) is 10.4. The first-order chi connectivity index (χ1) is 15.5. The zero-order valence-electron chi connectivity index (χ0n) is 17.8. The molecule has 0 spiro atoms. The first kappa shape index (κ1) is 22.1. The van der Waals surface area contributed by atoms with Crippen LogP contribution in [0.25, 0.3) is 11.3 Å². The fourth-order valence-electron chi connectivity index (χ4n) is 3.91. The van der Waals surface area contributed by atoms with Crippen molar-refractivity contribution in [2.75, 3.05) is 26.7 Å². The highest BCUT2D eigenvalue weighted by molar-refractivity contribution is 6.33. The minimum Gasteiger partial charge on any atom is -0.497 e. The zero-order valence-corrected chi connectivity index (χ0v) is 18.6. The Kier molecular flexibility index (Phi) is 6.94. The van der Waals surface area contributed by atoms with Gasteiger partial charge in [-0.15, -0.1) is 0 Å². The maximum atomic E-state index is 12.9. The van der Waals surface area contributed by atoms with Crippen molar-refractivity contribution >= 4 is 23.4 Å². The number of H-pyrrole nitrogens is 1. The Labute approximate surface area is 191 Å². The van der Waals surface area contributed by atoms with E-state index in [9.17, 15) is 9.59 Å². The SMILES string of the molecule is COc1cc(-c2cc(C(=O)N3CCC(C(=O)NCC4CCC=CO4)CC3)n[nH]2)c(Cl)cn1. The third-order valence-corrected chi connectivity index (χ3v) is 6.11. The number of pyridine rings is 1. The highest BCUT2D eigenvalue weighted by Gasteiger charge is 2.29. The molecule has 2 amide bonds. The van der Waals surface area contributed by atoms with Crippen LogP contribution in [-0.4, -0.2) is 64.7 Å². The van der Waals surface area contributed by atoms with Crippen LogP contribution in [0, 0.1) is 5.92 Å². The first-order valence-corrected chi connectivity index (χ1v) is 11.1. The second-order valence-corrected chi connectivity index (χ2v) is 8.30. The van der Waals surface area contributed by atoms with Gasteiger partial charge in [-0.3, -0.25) is 14.7 Å². The number of nitrogens with one attached hydrogen (secondary N) is 2. The number of methoxy groups -OCH3 is 1. The van der Waals surface area contributed by atoms with Crippen LogP contribution in [0.5, 0.6) is 5.88 Å². The third kappa shape index (κ3) is 5.04. The van der Waals surface area contributed by atoms with Crippen molar-refractivity contribution in [3.63, 3.8) is 0 Å². The van der Waals surface area contributed by atoms with Gasteiger partial charge in [0.2, 0.25) is 11.8 Å². The summed E-state index contributed by atoms with van der Waals surface area (Å²) >= 11 is 6.24. The van der Waals surface area contributed by atoms with E-state index in [-0.39, 0.29) is 23.8 Å². The maximum absolute atomic E-state index is 12.9. The zero-order chi connectivity index (χ0) is 22.5. The molecule has 170 valence electrons. The summed E-state index contributed by atoms with van der Waals surface area (Å²) in [7, 11) is 1.52. The standard InChI is InChI=1S/C22H26ClN5O4/c1-31-20-10-16(17(23)13-24-20)18-11-19(27-26-18)22(30)28-7-5-14(6-8-28)21(29)25-12-15-4-2-3-9-32-15/h3,9-11,13-15H,2,4-8,12H2,1H3,(H,25,29)(H,26,27). The van der Waals surface area contributed by atoms with Crippen LogP contribution in [0.4, 0.5) is 0 Å². The fourth-order valence-corrected chi connectivity index (χ4v) is 4.11. The monoisotopic (exact) mass is 459 g/mol. The van der Waals surface area contributed by atoms with E-state index in [0.717, 1.165) is 12.8 Å². The first-order valence-electron chi connectivity index (χ1n) is 10.7. The Morgan fingerprint density at radius 3 is 2.84 bits per heavy atom. The molecule has 2 aliphatic heterocycles. The molecule has 1 unspecified atom stereocenters. The number of hydrogen-bond acceptors (Lipinski definition) is 6. The minimum atomic E-state index is -0.175. The molecule has 1 saturated heterocycles. The van der Waals surface area contributed by atoms with Gasteiger partial charge in [0.05, 0.1) is 36.8 Å². The van der Waals surface area contributed by atoms with Gasteiger partial charge in [-0.2, -0.15) is 5.10 Å². The number of likely N-dealkylation sites (tertiary alicyclic amines) is 1. The smallest absolute Gasteiger partial charge is 0.274 e. The minimum absolute atomic E-state index is 0.0265. The van der Waals surface area contributed by atoms with Crippen LogP contribution in [0.3, 0.4) is 0 Å². The summed E-state index contributed by atoms with van der Waals surface area (Å²) < 4.78 is 10.6. The number of rotatable bonds is 6. The van der Waals surface area contributed by atoms with E-state index < -0.39 is 0 Å². The average molecular weight is 460 g/mol. The number of allylic oxidation sites excluding steroid dienone is 1. The molecule has 1 fully saturated rings. The normalized spacial score (nSPS) is 18.8. The van der Waals surface area contributed by atoms with E-state index in [4.69, 9.17) is 21.1 Å². The van der Waals surface area contributed by atoms with Gasteiger partial charge >= 0.3 is 0 Å². The highest BCUT2D eigenvalue weighted by atomic mass is 35.5. The second-order valence-electron chi connectivity index (χ2n) is 7.89. The summed E-state index contributed by atoms with van der Waals surface area (Å²) in [5.41, 5.74) is 1.56. The van der Waals surface area contributed by atoms with Gasteiger partial charge in [-0.1, -0.05) is 11.6 Å². The molecule has 32 heavy (non-hydrogen) atoms. The van der Waals surface area contributed by atoms with Crippen LogP contribution >= 0.6 is 11.6 Å². The van der Waals surface area contributed by atoms with Crippen LogP contribution < -0.4 is 10.1 Å². The summed E-state index contributed by atoms with van der Waals surface area (Å²) in [6.45, 7) is 1.53. The lowest BCUT2D eigenvalue weighted by Crippen LogP contribution is -2.44. The number of ether oxygens (including phenoxy) is 2. The number of carbonyl (C=O) groups is 2. The molecule has 2 N–H and O–H groups in total. The van der Waals surface area contributed by atoms with Crippen molar-refractivity contribution in [3.05, 3.63) is 41.4 Å². The molecule has 0 radical (unpaired) electrons. The number of nitrogens with zero attached hydrogens (tertiary/aromatic N) is 3. The van der Waals surface area contributed by atoms with E-state index in [1.165, 1.54) is 13.3 Å². The van der Waals surface area contributed by atoms with Gasteiger partial charge in [0.15, 0.2) is 5.69 Å². The molecule has 2 aromatic rings. The van der Waals surface area contributed by atoms with Gasteiger partial charge in [-0.25, -0.2) is 4.98 Å². The molecule has 1 atom stereocenters. The maximum Gasteiger partial charge on any atom is 0.274 e.